The van der Waals surface area contributed by atoms with Crippen molar-refractivity contribution in [2.75, 3.05) is 0 Å². The van der Waals surface area contributed by atoms with Crippen LogP contribution in [0.25, 0.3) is 11.3 Å². The molecule has 1 aromatic carbocycles. The Labute approximate surface area is 87.3 Å². The Bertz CT molecular complexity index is 528. The molecule has 0 atom stereocenters. The van der Waals surface area contributed by atoms with Crippen molar-refractivity contribution in [1.29, 1.82) is 0 Å². The van der Waals surface area contributed by atoms with Crippen molar-refractivity contribution in [3.05, 3.63) is 40.6 Å². The Morgan fingerprint density at radius 2 is 2.33 bits per heavy atom. The number of benzene rings is 1. The van der Waals surface area contributed by atoms with E-state index >= 15 is 0 Å². The molecule has 1 aliphatic rings. The number of hydrogen-bond acceptors (Lipinski definition) is 3. The fraction of sp³-hybridized carbons (Fsp3) is 0.250. The van der Waals surface area contributed by atoms with Gasteiger partial charge in [0, 0.05) is 17.5 Å². The van der Waals surface area contributed by atoms with E-state index in [-0.39, 0.29) is 6.61 Å². The van der Waals surface area contributed by atoms with Gasteiger partial charge in [-0.3, -0.25) is 0 Å². The highest BCUT2D eigenvalue weighted by atomic mass is 16.5. The molecule has 15 heavy (non-hydrogen) atoms. The highest BCUT2D eigenvalue weighted by Crippen LogP contribution is 2.38. The van der Waals surface area contributed by atoms with Crippen LogP contribution in [-0.2, 0) is 13.0 Å². The number of hydrogen-bond donors (Lipinski definition) is 1. The maximum atomic E-state index is 9.10. The van der Waals surface area contributed by atoms with E-state index in [4.69, 9.17) is 9.63 Å². The third-order valence-corrected chi connectivity index (χ3v) is 2.90. The summed E-state index contributed by atoms with van der Waals surface area (Å²) >= 11 is 0. The molecular weight excluding hydrogens is 190 g/mol. The van der Waals surface area contributed by atoms with Gasteiger partial charge < -0.3 is 9.63 Å². The number of aliphatic hydroxyl groups excluding tert-OH is 1. The maximum Gasteiger partial charge on any atom is 0.171 e. The fourth-order valence-corrected chi connectivity index (χ4v) is 2.11. The van der Waals surface area contributed by atoms with E-state index < -0.39 is 0 Å². The van der Waals surface area contributed by atoms with E-state index in [9.17, 15) is 0 Å². The summed E-state index contributed by atoms with van der Waals surface area (Å²) in [4.78, 5) is 0. The monoisotopic (exact) mass is 201 g/mol. The molecule has 3 heteroatoms. The van der Waals surface area contributed by atoms with E-state index in [0.29, 0.717) is 5.69 Å². The van der Waals surface area contributed by atoms with Crippen LogP contribution in [0.15, 0.2) is 22.7 Å². The third kappa shape index (κ3) is 1.13. The van der Waals surface area contributed by atoms with Crippen molar-refractivity contribution in [3.63, 3.8) is 0 Å². The minimum absolute atomic E-state index is 0.0498. The van der Waals surface area contributed by atoms with Gasteiger partial charge in [0.05, 0.1) is 6.61 Å². The number of fused-ring (bicyclic) bond motifs is 3. The summed E-state index contributed by atoms with van der Waals surface area (Å²) in [5.41, 5.74) is 5.30. The van der Waals surface area contributed by atoms with Gasteiger partial charge in [0.15, 0.2) is 5.76 Å². The Kier molecular flexibility index (Phi) is 1.70. The van der Waals surface area contributed by atoms with Crippen molar-refractivity contribution >= 4 is 0 Å². The first-order valence-electron chi connectivity index (χ1n) is 4.98. The van der Waals surface area contributed by atoms with Crippen molar-refractivity contribution in [3.8, 4) is 11.3 Å². The largest absolute Gasteiger partial charge is 0.390 e. The molecule has 76 valence electrons. The van der Waals surface area contributed by atoms with Crippen LogP contribution in [0.5, 0.6) is 0 Å². The first kappa shape index (κ1) is 8.68. The zero-order valence-electron chi connectivity index (χ0n) is 8.45. The van der Waals surface area contributed by atoms with E-state index in [1.165, 1.54) is 11.1 Å². The predicted molar refractivity (Wildman–Crippen MR) is 55.4 cm³/mol. The normalized spacial score (nSPS) is 12.7. The Balaban J connectivity index is 2.22. The molecule has 0 fully saturated rings. The molecule has 1 aliphatic carbocycles. The second kappa shape index (κ2) is 2.94. The molecule has 1 heterocycles. The van der Waals surface area contributed by atoms with Gasteiger partial charge in [-0.2, -0.15) is 0 Å². The maximum absolute atomic E-state index is 9.10. The lowest BCUT2D eigenvalue weighted by atomic mass is 10.1. The summed E-state index contributed by atoms with van der Waals surface area (Å²) in [6.45, 7) is 2.01. The lowest BCUT2D eigenvalue weighted by Crippen LogP contribution is -1.89. The van der Waals surface area contributed by atoms with Crippen LogP contribution in [0.4, 0.5) is 0 Å². The number of aryl methyl sites for hydroxylation is 1. The van der Waals surface area contributed by atoms with Crippen LogP contribution < -0.4 is 0 Å². The smallest absolute Gasteiger partial charge is 0.171 e. The molecule has 0 spiro atoms. The summed E-state index contributed by atoms with van der Waals surface area (Å²) in [5, 5.41) is 13.0. The fourth-order valence-electron chi connectivity index (χ4n) is 2.11. The zero-order chi connectivity index (χ0) is 10.4. The predicted octanol–water partition coefficient (Wildman–Crippen LogP) is 2.05. The Morgan fingerprint density at radius 1 is 1.47 bits per heavy atom. The van der Waals surface area contributed by atoms with Gasteiger partial charge in [0.2, 0.25) is 0 Å². The van der Waals surface area contributed by atoms with E-state index in [2.05, 4.69) is 30.3 Å². The van der Waals surface area contributed by atoms with Gasteiger partial charge in [-0.15, -0.1) is 0 Å². The zero-order valence-corrected chi connectivity index (χ0v) is 8.45. The van der Waals surface area contributed by atoms with Gasteiger partial charge in [-0.1, -0.05) is 22.9 Å². The summed E-state index contributed by atoms with van der Waals surface area (Å²) in [5.74, 6) is 0.831. The summed E-state index contributed by atoms with van der Waals surface area (Å²) in [6.07, 6.45) is 0.824. The molecule has 1 aromatic heterocycles. The molecule has 0 saturated carbocycles. The van der Waals surface area contributed by atoms with Crippen molar-refractivity contribution in [2.45, 2.75) is 20.0 Å². The Hall–Kier alpha value is -1.61. The summed E-state index contributed by atoms with van der Waals surface area (Å²) in [6, 6.07) is 6.31. The van der Waals surface area contributed by atoms with E-state index in [1.54, 1.807) is 0 Å². The Morgan fingerprint density at radius 3 is 3.13 bits per heavy atom. The average Bonchev–Trinajstić information content (AvgIpc) is 2.76. The van der Waals surface area contributed by atoms with Crippen LogP contribution in [0.1, 0.15) is 22.4 Å². The van der Waals surface area contributed by atoms with Crippen molar-refractivity contribution in [2.24, 2.45) is 0 Å². The van der Waals surface area contributed by atoms with Gasteiger partial charge in [-0.25, -0.2) is 0 Å². The minimum Gasteiger partial charge on any atom is -0.390 e. The lowest BCUT2D eigenvalue weighted by molar-refractivity contribution is 0.266. The standard InChI is InChI=1S/C12H11NO2/c1-7-2-3-8-5-10-11(6-14)13-15-12(10)9(8)4-7/h2-4,14H,5-6H2,1H3. The molecule has 2 aromatic rings. The molecular formula is C12H11NO2. The van der Waals surface area contributed by atoms with Crippen LogP contribution in [0, 0.1) is 6.92 Å². The quantitative estimate of drug-likeness (QED) is 0.655. The molecule has 3 rings (SSSR count). The molecule has 0 amide bonds. The average molecular weight is 201 g/mol. The molecule has 0 unspecified atom stereocenters. The second-order valence-corrected chi connectivity index (χ2v) is 3.93. The molecule has 0 radical (unpaired) electrons. The van der Waals surface area contributed by atoms with Gasteiger partial charge in [0.1, 0.15) is 5.69 Å². The topological polar surface area (TPSA) is 46.3 Å². The first-order chi connectivity index (χ1) is 7.29. The van der Waals surface area contributed by atoms with Crippen LogP contribution >= 0.6 is 0 Å². The van der Waals surface area contributed by atoms with Gasteiger partial charge in [0.25, 0.3) is 0 Å². The van der Waals surface area contributed by atoms with Crippen LogP contribution in [0.3, 0.4) is 0 Å². The molecule has 0 aliphatic heterocycles. The number of rotatable bonds is 1. The molecule has 0 saturated heterocycles. The molecule has 1 N–H and O–H groups in total. The highest BCUT2D eigenvalue weighted by Gasteiger charge is 2.26. The number of aromatic nitrogens is 1. The lowest BCUT2D eigenvalue weighted by Gasteiger charge is -1.99. The minimum atomic E-state index is -0.0498. The van der Waals surface area contributed by atoms with E-state index in [1.807, 2.05) is 0 Å². The third-order valence-electron chi connectivity index (χ3n) is 2.90. The SMILES string of the molecule is Cc1ccc2c(c1)-c1onc(CO)c1C2. The number of aliphatic hydroxyl groups is 1. The molecule has 0 bridgehead atoms. The van der Waals surface area contributed by atoms with Gasteiger partial charge in [-0.05, 0) is 18.6 Å². The second-order valence-electron chi connectivity index (χ2n) is 3.93. The van der Waals surface area contributed by atoms with Crippen molar-refractivity contribution in [1.82, 2.24) is 5.16 Å². The molecule has 3 nitrogen and oxygen atoms in total. The van der Waals surface area contributed by atoms with Gasteiger partial charge >= 0.3 is 0 Å². The van der Waals surface area contributed by atoms with Crippen LogP contribution in [0.2, 0.25) is 0 Å². The number of nitrogens with zero attached hydrogens (tertiary/aromatic N) is 1. The van der Waals surface area contributed by atoms with Crippen LogP contribution in [-0.4, -0.2) is 10.3 Å². The highest BCUT2D eigenvalue weighted by molar-refractivity contribution is 5.73. The summed E-state index contributed by atoms with van der Waals surface area (Å²) < 4.78 is 5.27. The first-order valence-corrected chi connectivity index (χ1v) is 4.98. The van der Waals surface area contributed by atoms with Crippen molar-refractivity contribution < 1.29 is 9.63 Å². The summed E-state index contributed by atoms with van der Waals surface area (Å²) in [7, 11) is 0. The van der Waals surface area contributed by atoms with E-state index in [0.717, 1.165) is 23.3 Å².